The second-order valence-corrected chi connectivity index (χ2v) is 11.5. The summed E-state index contributed by atoms with van der Waals surface area (Å²) >= 11 is 0. The van der Waals surface area contributed by atoms with E-state index >= 15 is 0 Å². The molecule has 0 aromatic heterocycles. The Labute approximate surface area is 214 Å². The summed E-state index contributed by atoms with van der Waals surface area (Å²) in [5, 5.41) is 2.86. The lowest BCUT2D eigenvalue weighted by Crippen LogP contribution is -2.48. The third kappa shape index (κ3) is 8.33. The number of carbonyl (C=O) groups excluding carboxylic acids is 2. The van der Waals surface area contributed by atoms with Gasteiger partial charge in [-0.1, -0.05) is 38.1 Å². The molecule has 0 bridgehead atoms. The van der Waals surface area contributed by atoms with Crippen molar-refractivity contribution < 1.29 is 22.4 Å². The smallest absolute Gasteiger partial charge is 0.242 e. The highest BCUT2D eigenvalue weighted by Gasteiger charge is 2.27. The summed E-state index contributed by atoms with van der Waals surface area (Å²) < 4.78 is 39.8. The van der Waals surface area contributed by atoms with Gasteiger partial charge in [-0.05, 0) is 68.0 Å². The van der Waals surface area contributed by atoms with Crippen molar-refractivity contribution in [2.45, 2.75) is 60.0 Å². The summed E-state index contributed by atoms with van der Waals surface area (Å²) in [6, 6.07) is 10.5. The van der Waals surface area contributed by atoms with E-state index in [-0.39, 0.29) is 49.5 Å². The van der Waals surface area contributed by atoms with Crippen molar-refractivity contribution in [1.29, 1.82) is 0 Å². The Kier molecular flexibility index (Phi) is 10.5. The number of carbonyl (C=O) groups is 2. The minimum Gasteiger partial charge on any atom is -0.354 e. The molecule has 0 spiro atoms. The molecule has 2 aromatic carbocycles. The molecule has 2 amide bonds. The van der Waals surface area contributed by atoms with E-state index in [9.17, 15) is 22.4 Å². The average Bonchev–Trinajstić information content (AvgIpc) is 2.80. The number of aryl methyl sites for hydroxylation is 1. The topological polar surface area (TPSA) is 86.8 Å². The first-order valence-electron chi connectivity index (χ1n) is 12.2. The molecule has 0 aliphatic carbocycles. The van der Waals surface area contributed by atoms with Gasteiger partial charge in [0.25, 0.3) is 0 Å². The lowest BCUT2D eigenvalue weighted by Gasteiger charge is -2.30. The Hall–Kier alpha value is -2.94. The van der Waals surface area contributed by atoms with Gasteiger partial charge in [0, 0.05) is 26.1 Å². The summed E-state index contributed by atoms with van der Waals surface area (Å²) in [6.45, 7) is 10.2. The lowest BCUT2D eigenvalue weighted by atomic mass is 10.1. The Morgan fingerprint density at radius 1 is 1.03 bits per heavy atom. The third-order valence-electron chi connectivity index (χ3n) is 6.11. The third-order valence-corrected chi connectivity index (χ3v) is 7.29. The number of nitrogens with one attached hydrogen (secondary N) is 1. The SMILES string of the molecule is Cc1cccc(N(CCCC(=O)N(Cc2ccc(F)cc2)C(C)C(=O)NCC(C)C)S(C)(=O)=O)c1C. The van der Waals surface area contributed by atoms with Crippen LogP contribution in [0.4, 0.5) is 10.1 Å². The number of benzene rings is 2. The second kappa shape index (κ2) is 12.9. The molecule has 7 nitrogen and oxygen atoms in total. The normalized spacial score (nSPS) is 12.3. The highest BCUT2D eigenvalue weighted by Crippen LogP contribution is 2.25. The van der Waals surface area contributed by atoms with Gasteiger partial charge >= 0.3 is 0 Å². The number of sulfonamides is 1. The van der Waals surface area contributed by atoms with Crippen LogP contribution in [0.25, 0.3) is 0 Å². The first-order chi connectivity index (χ1) is 16.8. The zero-order valence-corrected chi connectivity index (χ0v) is 22.9. The summed E-state index contributed by atoms with van der Waals surface area (Å²) in [7, 11) is -3.56. The monoisotopic (exact) mass is 519 g/mol. The molecule has 0 saturated carbocycles. The summed E-state index contributed by atoms with van der Waals surface area (Å²) in [6.07, 6.45) is 1.48. The number of hydrogen-bond donors (Lipinski definition) is 1. The maximum Gasteiger partial charge on any atom is 0.242 e. The number of halogens is 1. The van der Waals surface area contributed by atoms with Crippen LogP contribution in [0.2, 0.25) is 0 Å². The molecule has 0 fully saturated rings. The summed E-state index contributed by atoms with van der Waals surface area (Å²) in [4.78, 5) is 27.5. The van der Waals surface area contributed by atoms with Crippen molar-refractivity contribution in [1.82, 2.24) is 10.2 Å². The molecule has 2 rings (SSSR count). The van der Waals surface area contributed by atoms with E-state index in [1.54, 1.807) is 25.1 Å². The van der Waals surface area contributed by atoms with E-state index in [4.69, 9.17) is 0 Å². The van der Waals surface area contributed by atoms with E-state index in [0.29, 0.717) is 17.8 Å². The maximum atomic E-state index is 13.4. The number of hydrogen-bond acceptors (Lipinski definition) is 4. The van der Waals surface area contributed by atoms with Crippen LogP contribution in [0.1, 0.15) is 50.3 Å². The van der Waals surface area contributed by atoms with Crippen LogP contribution in [-0.2, 0) is 26.2 Å². The molecule has 36 heavy (non-hydrogen) atoms. The maximum absolute atomic E-state index is 13.4. The molecule has 1 unspecified atom stereocenters. The van der Waals surface area contributed by atoms with E-state index < -0.39 is 16.1 Å². The molecule has 198 valence electrons. The van der Waals surface area contributed by atoms with Crippen LogP contribution < -0.4 is 9.62 Å². The zero-order chi connectivity index (χ0) is 27.0. The minimum absolute atomic E-state index is 0.0554. The molecule has 0 heterocycles. The molecule has 0 saturated heterocycles. The van der Waals surface area contributed by atoms with Gasteiger partial charge in [0.05, 0.1) is 11.9 Å². The van der Waals surface area contributed by atoms with E-state index in [0.717, 1.165) is 17.4 Å². The van der Waals surface area contributed by atoms with Gasteiger partial charge in [0.15, 0.2) is 0 Å². The fraction of sp³-hybridized carbons (Fsp3) is 0.481. The molecule has 0 radical (unpaired) electrons. The standard InChI is InChI=1S/C27H38FN3O4S/c1-19(2)17-29-27(33)22(5)30(18-23-12-14-24(28)15-13-23)26(32)11-8-16-31(36(6,34)35)25-10-7-9-20(3)21(25)4/h7,9-10,12-15,19,22H,8,11,16-18H2,1-6H3,(H,29,33). The van der Waals surface area contributed by atoms with Crippen LogP contribution in [0.3, 0.4) is 0 Å². The van der Waals surface area contributed by atoms with Crippen molar-refractivity contribution in [2.24, 2.45) is 5.92 Å². The van der Waals surface area contributed by atoms with Crippen molar-refractivity contribution in [3.8, 4) is 0 Å². The molecule has 0 aliphatic heterocycles. The molecule has 0 aliphatic rings. The predicted octanol–water partition coefficient (Wildman–Crippen LogP) is 4.18. The quantitative estimate of drug-likeness (QED) is 0.456. The van der Waals surface area contributed by atoms with Gasteiger partial charge in [0.1, 0.15) is 11.9 Å². The van der Waals surface area contributed by atoms with Crippen LogP contribution in [0, 0.1) is 25.6 Å². The highest BCUT2D eigenvalue weighted by atomic mass is 32.2. The molecule has 9 heteroatoms. The Morgan fingerprint density at radius 2 is 1.67 bits per heavy atom. The fourth-order valence-electron chi connectivity index (χ4n) is 3.81. The Balaban J connectivity index is 2.19. The second-order valence-electron chi connectivity index (χ2n) is 9.62. The van der Waals surface area contributed by atoms with Crippen LogP contribution in [0.5, 0.6) is 0 Å². The van der Waals surface area contributed by atoms with Crippen molar-refractivity contribution in [2.75, 3.05) is 23.7 Å². The van der Waals surface area contributed by atoms with Crippen molar-refractivity contribution >= 4 is 27.5 Å². The predicted molar refractivity (Wildman–Crippen MR) is 142 cm³/mol. The number of anilines is 1. The molecule has 1 N–H and O–H groups in total. The molecule has 1 atom stereocenters. The Morgan fingerprint density at radius 3 is 2.25 bits per heavy atom. The number of rotatable bonds is 12. The van der Waals surface area contributed by atoms with Crippen LogP contribution in [-0.4, -0.2) is 50.5 Å². The Bertz CT molecular complexity index is 1150. The van der Waals surface area contributed by atoms with E-state index in [1.165, 1.54) is 21.3 Å². The van der Waals surface area contributed by atoms with Gasteiger partial charge in [-0.2, -0.15) is 0 Å². The van der Waals surface area contributed by atoms with Gasteiger partial charge in [-0.25, -0.2) is 12.8 Å². The summed E-state index contributed by atoms with van der Waals surface area (Å²) in [5.41, 5.74) is 3.13. The van der Waals surface area contributed by atoms with Crippen LogP contribution >= 0.6 is 0 Å². The van der Waals surface area contributed by atoms with Crippen molar-refractivity contribution in [3.05, 3.63) is 65.0 Å². The number of amides is 2. The average molecular weight is 520 g/mol. The molecular formula is C27H38FN3O4S. The first-order valence-corrected chi connectivity index (χ1v) is 14.0. The van der Waals surface area contributed by atoms with Gasteiger partial charge in [-0.15, -0.1) is 0 Å². The fourth-order valence-corrected chi connectivity index (χ4v) is 4.83. The number of nitrogens with zero attached hydrogens (tertiary/aromatic N) is 2. The minimum atomic E-state index is -3.56. The molecule has 2 aromatic rings. The lowest BCUT2D eigenvalue weighted by molar-refractivity contribution is -0.140. The van der Waals surface area contributed by atoms with E-state index in [2.05, 4.69) is 5.32 Å². The zero-order valence-electron chi connectivity index (χ0n) is 22.0. The van der Waals surface area contributed by atoms with Gasteiger partial charge < -0.3 is 10.2 Å². The van der Waals surface area contributed by atoms with Crippen LogP contribution in [0.15, 0.2) is 42.5 Å². The summed E-state index contributed by atoms with van der Waals surface area (Å²) in [5.74, 6) is -0.672. The molecular weight excluding hydrogens is 481 g/mol. The largest absolute Gasteiger partial charge is 0.354 e. The highest BCUT2D eigenvalue weighted by molar-refractivity contribution is 7.92. The van der Waals surface area contributed by atoms with Gasteiger partial charge in [0.2, 0.25) is 21.8 Å². The van der Waals surface area contributed by atoms with Gasteiger partial charge in [-0.3, -0.25) is 13.9 Å². The van der Waals surface area contributed by atoms with E-state index in [1.807, 2.05) is 39.8 Å². The van der Waals surface area contributed by atoms with Crippen molar-refractivity contribution in [3.63, 3.8) is 0 Å². The first kappa shape index (κ1) is 29.3.